The number of aliphatic hydroxyl groups excluding tert-OH is 1. The van der Waals surface area contributed by atoms with E-state index in [0.717, 1.165) is 13.0 Å². The van der Waals surface area contributed by atoms with Gasteiger partial charge in [0.05, 0.1) is 13.2 Å². The molecule has 0 aromatic carbocycles. The molecule has 0 saturated heterocycles. The quantitative estimate of drug-likeness (QED) is 0.469. The van der Waals surface area contributed by atoms with Crippen LogP contribution in [-0.4, -0.2) is 37.4 Å². The minimum atomic E-state index is -0.462. The molecule has 0 saturated carbocycles. The first-order chi connectivity index (χ1) is 7.06. The normalized spacial score (nSPS) is 12.9. The highest BCUT2D eigenvalue weighted by atomic mass is 16.5. The van der Waals surface area contributed by atoms with Crippen LogP contribution < -0.4 is 5.32 Å². The van der Waals surface area contributed by atoms with Gasteiger partial charge in [-0.05, 0) is 25.3 Å². The Kier molecular flexibility index (Phi) is 8.33. The van der Waals surface area contributed by atoms with E-state index in [2.05, 4.69) is 23.9 Å². The number of esters is 1. The number of methoxy groups -OCH3 is 1. The van der Waals surface area contributed by atoms with Crippen LogP contribution >= 0.6 is 0 Å². The lowest BCUT2D eigenvalue weighted by Gasteiger charge is -2.11. The third kappa shape index (κ3) is 9.69. The average Bonchev–Trinajstić information content (AvgIpc) is 2.20. The van der Waals surface area contributed by atoms with Gasteiger partial charge in [0, 0.05) is 13.0 Å². The molecule has 0 rings (SSSR count). The van der Waals surface area contributed by atoms with E-state index in [1.807, 2.05) is 0 Å². The summed E-state index contributed by atoms with van der Waals surface area (Å²) in [6.07, 6.45) is 1.38. The SMILES string of the molecule is COC(=O)CCC(O)CNCCC(C)C. The average molecular weight is 217 g/mol. The summed E-state index contributed by atoms with van der Waals surface area (Å²) in [4.78, 5) is 10.8. The fourth-order valence-electron chi connectivity index (χ4n) is 1.15. The minimum absolute atomic E-state index is 0.267. The third-order valence-electron chi connectivity index (χ3n) is 2.19. The summed E-state index contributed by atoms with van der Waals surface area (Å²) in [6, 6.07) is 0. The molecule has 1 atom stereocenters. The molecule has 1 unspecified atom stereocenters. The maximum absolute atomic E-state index is 10.8. The van der Waals surface area contributed by atoms with Crippen LogP contribution in [0.2, 0.25) is 0 Å². The van der Waals surface area contributed by atoms with Gasteiger partial charge in [0.2, 0.25) is 0 Å². The Morgan fingerprint density at radius 3 is 2.60 bits per heavy atom. The van der Waals surface area contributed by atoms with E-state index in [1.54, 1.807) is 0 Å². The second-order valence-corrected chi connectivity index (χ2v) is 4.16. The lowest BCUT2D eigenvalue weighted by atomic mass is 10.1. The molecular weight excluding hydrogens is 194 g/mol. The molecule has 0 radical (unpaired) electrons. The van der Waals surface area contributed by atoms with Gasteiger partial charge in [0.1, 0.15) is 0 Å². The first kappa shape index (κ1) is 14.4. The molecule has 0 fully saturated rings. The Labute approximate surface area is 92.0 Å². The number of hydrogen-bond acceptors (Lipinski definition) is 4. The maximum Gasteiger partial charge on any atom is 0.305 e. The summed E-state index contributed by atoms with van der Waals surface area (Å²) in [6.45, 7) is 5.78. The number of carbonyl (C=O) groups excluding carboxylic acids is 1. The van der Waals surface area contributed by atoms with Crippen molar-refractivity contribution >= 4 is 5.97 Å². The molecule has 90 valence electrons. The largest absolute Gasteiger partial charge is 0.469 e. The van der Waals surface area contributed by atoms with E-state index >= 15 is 0 Å². The molecule has 0 heterocycles. The fraction of sp³-hybridized carbons (Fsp3) is 0.909. The highest BCUT2D eigenvalue weighted by molar-refractivity contribution is 5.69. The summed E-state index contributed by atoms with van der Waals surface area (Å²) < 4.78 is 4.49. The molecule has 4 nitrogen and oxygen atoms in total. The van der Waals surface area contributed by atoms with Crippen molar-refractivity contribution in [3.8, 4) is 0 Å². The topological polar surface area (TPSA) is 58.6 Å². The van der Waals surface area contributed by atoms with Gasteiger partial charge in [-0.2, -0.15) is 0 Å². The Morgan fingerprint density at radius 2 is 2.07 bits per heavy atom. The first-order valence-electron chi connectivity index (χ1n) is 5.51. The smallest absolute Gasteiger partial charge is 0.305 e. The number of aliphatic hydroxyl groups is 1. The van der Waals surface area contributed by atoms with Gasteiger partial charge in [0.25, 0.3) is 0 Å². The zero-order valence-electron chi connectivity index (χ0n) is 9.95. The minimum Gasteiger partial charge on any atom is -0.469 e. The van der Waals surface area contributed by atoms with E-state index in [4.69, 9.17) is 0 Å². The number of nitrogens with one attached hydrogen (secondary N) is 1. The molecule has 0 aromatic rings. The molecule has 0 amide bonds. The van der Waals surface area contributed by atoms with E-state index in [1.165, 1.54) is 7.11 Å². The van der Waals surface area contributed by atoms with Crippen LogP contribution in [-0.2, 0) is 9.53 Å². The van der Waals surface area contributed by atoms with E-state index < -0.39 is 6.10 Å². The highest BCUT2D eigenvalue weighted by Gasteiger charge is 2.07. The monoisotopic (exact) mass is 217 g/mol. The van der Waals surface area contributed by atoms with Gasteiger partial charge in [-0.25, -0.2) is 0 Å². The lowest BCUT2D eigenvalue weighted by Crippen LogP contribution is -2.28. The van der Waals surface area contributed by atoms with E-state index in [9.17, 15) is 9.90 Å². The predicted molar refractivity (Wildman–Crippen MR) is 59.6 cm³/mol. The van der Waals surface area contributed by atoms with Crippen LogP contribution in [0, 0.1) is 5.92 Å². The van der Waals surface area contributed by atoms with Crippen LogP contribution in [0.25, 0.3) is 0 Å². The second-order valence-electron chi connectivity index (χ2n) is 4.16. The van der Waals surface area contributed by atoms with Crippen LogP contribution in [0.3, 0.4) is 0 Å². The zero-order chi connectivity index (χ0) is 11.7. The molecule has 0 aromatic heterocycles. The van der Waals surface area contributed by atoms with Gasteiger partial charge < -0.3 is 15.2 Å². The Balaban J connectivity index is 3.33. The highest BCUT2D eigenvalue weighted by Crippen LogP contribution is 1.99. The Morgan fingerprint density at radius 1 is 1.40 bits per heavy atom. The summed E-state index contributed by atoms with van der Waals surface area (Å²) in [5, 5.41) is 12.6. The maximum atomic E-state index is 10.8. The molecular formula is C11H23NO3. The summed E-state index contributed by atoms with van der Waals surface area (Å²) >= 11 is 0. The van der Waals surface area contributed by atoms with E-state index in [0.29, 0.717) is 18.9 Å². The molecule has 15 heavy (non-hydrogen) atoms. The summed E-state index contributed by atoms with van der Waals surface area (Å²) in [5.41, 5.74) is 0. The second kappa shape index (κ2) is 8.68. The van der Waals surface area contributed by atoms with Gasteiger partial charge in [-0.3, -0.25) is 4.79 Å². The molecule has 0 aliphatic carbocycles. The van der Waals surface area contributed by atoms with Crippen molar-refractivity contribution in [1.82, 2.24) is 5.32 Å². The zero-order valence-corrected chi connectivity index (χ0v) is 9.95. The molecule has 2 N–H and O–H groups in total. The van der Waals surface area contributed by atoms with Crippen molar-refractivity contribution < 1.29 is 14.6 Å². The summed E-state index contributed by atoms with van der Waals surface area (Å²) in [5.74, 6) is 0.404. The van der Waals surface area contributed by atoms with Crippen molar-refractivity contribution in [2.75, 3.05) is 20.2 Å². The van der Waals surface area contributed by atoms with Crippen molar-refractivity contribution in [3.05, 3.63) is 0 Å². The molecule has 4 heteroatoms. The number of carbonyl (C=O) groups is 1. The first-order valence-corrected chi connectivity index (χ1v) is 5.51. The number of rotatable bonds is 8. The number of hydrogen-bond donors (Lipinski definition) is 2. The van der Waals surface area contributed by atoms with Crippen molar-refractivity contribution in [2.45, 2.75) is 39.2 Å². The molecule has 0 bridgehead atoms. The van der Waals surface area contributed by atoms with E-state index in [-0.39, 0.29) is 12.4 Å². The number of ether oxygens (including phenoxy) is 1. The Bertz CT molecular complexity index is 171. The Hall–Kier alpha value is -0.610. The predicted octanol–water partition coefficient (Wildman–Crippen LogP) is 0.936. The van der Waals surface area contributed by atoms with Crippen LogP contribution in [0.15, 0.2) is 0 Å². The van der Waals surface area contributed by atoms with Gasteiger partial charge in [-0.15, -0.1) is 0 Å². The molecule has 0 spiro atoms. The van der Waals surface area contributed by atoms with Gasteiger partial charge in [-0.1, -0.05) is 13.8 Å². The van der Waals surface area contributed by atoms with Crippen LogP contribution in [0.4, 0.5) is 0 Å². The van der Waals surface area contributed by atoms with Gasteiger partial charge in [0.15, 0.2) is 0 Å². The van der Waals surface area contributed by atoms with Crippen molar-refractivity contribution in [1.29, 1.82) is 0 Å². The standard InChI is InChI=1S/C11H23NO3/c1-9(2)6-7-12-8-10(13)4-5-11(14)15-3/h9-10,12-13H,4-8H2,1-3H3. The summed E-state index contributed by atoms with van der Waals surface area (Å²) in [7, 11) is 1.36. The van der Waals surface area contributed by atoms with Crippen molar-refractivity contribution in [3.63, 3.8) is 0 Å². The third-order valence-corrected chi connectivity index (χ3v) is 2.19. The van der Waals surface area contributed by atoms with Crippen LogP contribution in [0.5, 0.6) is 0 Å². The van der Waals surface area contributed by atoms with Crippen molar-refractivity contribution in [2.24, 2.45) is 5.92 Å². The van der Waals surface area contributed by atoms with Gasteiger partial charge >= 0.3 is 5.97 Å². The molecule has 0 aliphatic rings. The van der Waals surface area contributed by atoms with Crippen LogP contribution in [0.1, 0.15) is 33.1 Å². The lowest BCUT2D eigenvalue weighted by molar-refractivity contribution is -0.141. The fourth-order valence-corrected chi connectivity index (χ4v) is 1.15. The molecule has 0 aliphatic heterocycles.